The van der Waals surface area contributed by atoms with Crippen molar-refractivity contribution in [3.63, 3.8) is 0 Å². The lowest BCUT2D eigenvalue weighted by Crippen LogP contribution is -2.25. The number of rotatable bonds is 4. The van der Waals surface area contributed by atoms with Crippen LogP contribution in [0.1, 0.15) is 43.9 Å². The van der Waals surface area contributed by atoms with Crippen LogP contribution in [0.4, 0.5) is 5.82 Å². The number of unbranched alkanes of at least 4 members (excludes halogenated alkanes) is 1. The molecule has 0 amide bonds. The fraction of sp³-hybridized carbons (Fsp3) is 0.643. The Hall–Kier alpha value is -1.65. The van der Waals surface area contributed by atoms with Gasteiger partial charge in [-0.25, -0.2) is 4.98 Å². The number of anilines is 1. The quantitative estimate of drug-likeness (QED) is 0.845. The van der Waals surface area contributed by atoms with Gasteiger partial charge in [0.2, 0.25) is 0 Å². The summed E-state index contributed by atoms with van der Waals surface area (Å²) in [6.07, 6.45) is 8.69. The molecule has 2 aromatic heterocycles. The first-order valence-electron chi connectivity index (χ1n) is 7.24. The third-order valence-corrected chi connectivity index (χ3v) is 3.88. The Morgan fingerprint density at radius 2 is 2.16 bits per heavy atom. The number of hydrogen-bond acceptors (Lipinski definition) is 4. The average Bonchev–Trinajstić information content (AvgIpc) is 2.89. The molecule has 2 heterocycles. The summed E-state index contributed by atoms with van der Waals surface area (Å²) in [7, 11) is 2.15. The predicted octanol–water partition coefficient (Wildman–Crippen LogP) is 2.24. The molecule has 0 N–H and O–H groups in total. The minimum Gasteiger partial charge on any atom is -0.359 e. The van der Waals surface area contributed by atoms with Crippen molar-refractivity contribution in [2.45, 2.75) is 45.4 Å². The zero-order valence-corrected chi connectivity index (χ0v) is 11.8. The maximum absolute atomic E-state index is 4.66. The minimum absolute atomic E-state index is 0.735. The summed E-state index contributed by atoms with van der Waals surface area (Å²) in [5.41, 5.74) is 2.60. The lowest BCUT2D eigenvalue weighted by molar-refractivity contribution is 0.649. The summed E-state index contributed by atoms with van der Waals surface area (Å²) in [6.45, 7) is 3.28. The van der Waals surface area contributed by atoms with Crippen molar-refractivity contribution >= 4 is 11.6 Å². The van der Waals surface area contributed by atoms with Crippen molar-refractivity contribution < 1.29 is 0 Å². The van der Waals surface area contributed by atoms with Gasteiger partial charge in [-0.3, -0.25) is 0 Å². The van der Waals surface area contributed by atoms with Crippen molar-refractivity contribution in [1.29, 1.82) is 0 Å². The smallest absolute Gasteiger partial charge is 0.254 e. The van der Waals surface area contributed by atoms with Crippen molar-refractivity contribution in [1.82, 2.24) is 19.6 Å². The Balaban J connectivity index is 2.10. The standard InChI is InChI=1S/C14H21N5/c1-3-4-9-18(2)13-11-7-5-6-8-12(11)17-14-15-10-16-19(13)14/h10H,3-9H2,1-2H3. The van der Waals surface area contributed by atoms with Gasteiger partial charge in [-0.1, -0.05) is 13.3 Å². The number of nitrogens with zero attached hydrogens (tertiary/aromatic N) is 5. The molecule has 0 aliphatic heterocycles. The van der Waals surface area contributed by atoms with Gasteiger partial charge in [0, 0.05) is 19.2 Å². The molecular weight excluding hydrogens is 238 g/mol. The fourth-order valence-electron chi connectivity index (χ4n) is 2.86. The van der Waals surface area contributed by atoms with E-state index in [2.05, 4.69) is 33.9 Å². The molecule has 5 nitrogen and oxygen atoms in total. The van der Waals surface area contributed by atoms with Crippen molar-refractivity contribution in [3.8, 4) is 0 Å². The summed E-state index contributed by atoms with van der Waals surface area (Å²) in [6, 6.07) is 0. The molecular formula is C14H21N5. The van der Waals surface area contributed by atoms with Crippen LogP contribution in [-0.4, -0.2) is 33.2 Å². The SMILES string of the molecule is CCCCN(C)c1c2c(nc3ncnn13)CCCC2. The second-order valence-electron chi connectivity index (χ2n) is 5.31. The normalized spacial score (nSPS) is 14.6. The van der Waals surface area contributed by atoms with Crippen LogP contribution in [0.3, 0.4) is 0 Å². The zero-order valence-electron chi connectivity index (χ0n) is 11.8. The highest BCUT2D eigenvalue weighted by molar-refractivity contribution is 5.55. The molecule has 0 unspecified atom stereocenters. The van der Waals surface area contributed by atoms with Crippen LogP contribution in [0.25, 0.3) is 5.78 Å². The van der Waals surface area contributed by atoms with Gasteiger partial charge in [-0.2, -0.15) is 14.6 Å². The van der Waals surface area contributed by atoms with E-state index in [1.165, 1.54) is 42.8 Å². The van der Waals surface area contributed by atoms with Gasteiger partial charge < -0.3 is 4.90 Å². The number of aromatic nitrogens is 4. The first-order valence-corrected chi connectivity index (χ1v) is 7.24. The van der Waals surface area contributed by atoms with Gasteiger partial charge in [-0.05, 0) is 32.1 Å². The first-order chi connectivity index (χ1) is 9.31. The third-order valence-electron chi connectivity index (χ3n) is 3.88. The number of fused-ring (bicyclic) bond motifs is 2. The van der Waals surface area contributed by atoms with E-state index in [0.29, 0.717) is 0 Å². The lowest BCUT2D eigenvalue weighted by Gasteiger charge is -2.26. The Morgan fingerprint density at radius 1 is 1.32 bits per heavy atom. The second-order valence-corrected chi connectivity index (χ2v) is 5.31. The van der Waals surface area contributed by atoms with E-state index < -0.39 is 0 Å². The van der Waals surface area contributed by atoms with E-state index in [1.54, 1.807) is 6.33 Å². The van der Waals surface area contributed by atoms with Gasteiger partial charge in [0.15, 0.2) is 0 Å². The highest BCUT2D eigenvalue weighted by Crippen LogP contribution is 2.29. The molecule has 0 radical (unpaired) electrons. The van der Waals surface area contributed by atoms with Gasteiger partial charge >= 0.3 is 0 Å². The van der Waals surface area contributed by atoms with Gasteiger partial charge in [0.25, 0.3) is 5.78 Å². The molecule has 102 valence electrons. The highest BCUT2D eigenvalue weighted by atomic mass is 15.4. The van der Waals surface area contributed by atoms with Crippen molar-refractivity contribution in [2.24, 2.45) is 0 Å². The molecule has 0 atom stereocenters. The Labute approximate surface area is 113 Å². The molecule has 0 saturated carbocycles. The molecule has 0 saturated heterocycles. The molecule has 1 aliphatic carbocycles. The zero-order chi connectivity index (χ0) is 13.2. The summed E-state index contributed by atoms with van der Waals surface area (Å²) in [5, 5.41) is 4.36. The van der Waals surface area contributed by atoms with Gasteiger partial charge in [0.1, 0.15) is 12.1 Å². The Bertz CT molecular complexity index is 574. The highest BCUT2D eigenvalue weighted by Gasteiger charge is 2.21. The van der Waals surface area contributed by atoms with E-state index in [-0.39, 0.29) is 0 Å². The van der Waals surface area contributed by atoms with Crippen LogP contribution in [-0.2, 0) is 12.8 Å². The van der Waals surface area contributed by atoms with Crippen LogP contribution < -0.4 is 4.90 Å². The molecule has 0 fully saturated rings. The lowest BCUT2D eigenvalue weighted by atomic mass is 9.96. The number of aryl methyl sites for hydroxylation is 1. The molecule has 0 spiro atoms. The summed E-state index contributed by atoms with van der Waals surface area (Å²) >= 11 is 0. The molecule has 2 aromatic rings. The fourth-order valence-corrected chi connectivity index (χ4v) is 2.86. The van der Waals surface area contributed by atoms with Crippen LogP contribution in [0, 0.1) is 0 Å². The first kappa shape index (κ1) is 12.4. The third kappa shape index (κ3) is 2.17. The van der Waals surface area contributed by atoms with Crippen molar-refractivity contribution in [2.75, 3.05) is 18.5 Å². The van der Waals surface area contributed by atoms with E-state index in [1.807, 2.05) is 4.52 Å². The second kappa shape index (κ2) is 5.15. The number of hydrogen-bond donors (Lipinski definition) is 0. The molecule has 0 aromatic carbocycles. The average molecular weight is 259 g/mol. The monoisotopic (exact) mass is 259 g/mol. The Kier molecular flexibility index (Phi) is 3.36. The van der Waals surface area contributed by atoms with E-state index in [9.17, 15) is 0 Å². The largest absolute Gasteiger partial charge is 0.359 e. The molecule has 1 aliphatic rings. The topological polar surface area (TPSA) is 46.3 Å². The maximum atomic E-state index is 4.66. The summed E-state index contributed by atoms with van der Waals surface area (Å²) in [4.78, 5) is 11.2. The van der Waals surface area contributed by atoms with Crippen molar-refractivity contribution in [3.05, 3.63) is 17.6 Å². The van der Waals surface area contributed by atoms with Gasteiger partial charge in [0.05, 0.1) is 5.69 Å². The maximum Gasteiger partial charge on any atom is 0.254 e. The van der Waals surface area contributed by atoms with E-state index >= 15 is 0 Å². The predicted molar refractivity (Wildman–Crippen MR) is 75.6 cm³/mol. The van der Waals surface area contributed by atoms with Gasteiger partial charge in [-0.15, -0.1) is 0 Å². The van der Waals surface area contributed by atoms with Crippen LogP contribution in [0.15, 0.2) is 6.33 Å². The minimum atomic E-state index is 0.735. The van der Waals surface area contributed by atoms with E-state index in [0.717, 1.165) is 25.2 Å². The molecule has 0 bridgehead atoms. The Morgan fingerprint density at radius 3 is 3.00 bits per heavy atom. The van der Waals surface area contributed by atoms with Crippen LogP contribution in [0.2, 0.25) is 0 Å². The van der Waals surface area contributed by atoms with Crippen LogP contribution >= 0.6 is 0 Å². The molecule has 3 rings (SSSR count). The van der Waals surface area contributed by atoms with Crippen LogP contribution in [0.5, 0.6) is 0 Å². The van der Waals surface area contributed by atoms with E-state index in [4.69, 9.17) is 0 Å². The summed E-state index contributed by atoms with van der Waals surface area (Å²) < 4.78 is 1.90. The molecule has 19 heavy (non-hydrogen) atoms. The molecule has 5 heteroatoms. The summed E-state index contributed by atoms with van der Waals surface area (Å²) in [5.74, 6) is 1.93.